The molecule has 1 amide bonds. The largest absolute Gasteiger partial charge is 0.448 e. The van der Waals surface area contributed by atoms with Crippen molar-refractivity contribution in [3.63, 3.8) is 0 Å². The molecule has 1 saturated carbocycles. The predicted octanol–water partition coefficient (Wildman–Crippen LogP) is 5.25. The van der Waals surface area contributed by atoms with E-state index in [4.69, 9.17) is 32.7 Å². The Morgan fingerprint density at radius 3 is 2.49 bits per heavy atom. The molecule has 35 heavy (non-hydrogen) atoms. The molecular formula is C25H31Cl2N3O4S. The van der Waals surface area contributed by atoms with Gasteiger partial charge in [0.1, 0.15) is 5.15 Å². The van der Waals surface area contributed by atoms with Gasteiger partial charge in [-0.1, -0.05) is 23.2 Å². The molecule has 0 saturated heterocycles. The highest BCUT2D eigenvalue weighted by Gasteiger charge is 2.47. The first-order valence-corrected chi connectivity index (χ1v) is 13.6. The van der Waals surface area contributed by atoms with Crippen molar-refractivity contribution in [1.82, 2.24) is 15.2 Å². The maximum absolute atomic E-state index is 13.1. The van der Waals surface area contributed by atoms with E-state index < -0.39 is 5.79 Å². The molecule has 2 N–H and O–H groups in total. The van der Waals surface area contributed by atoms with Gasteiger partial charge in [0.25, 0.3) is 17.3 Å². The molecule has 2 aromatic rings. The SMILES string of the molecule is CSc1cc(Cl)[nH]c(=O)c1CNC(=O)c1cc(Cl)c2c(c1C)O[C@@](C)([C@H]1CC[C@@H](N(C)C)CC1)O2. The molecule has 1 atom stereocenters. The summed E-state index contributed by atoms with van der Waals surface area (Å²) in [5.41, 5.74) is 1.15. The van der Waals surface area contributed by atoms with Crippen LogP contribution < -0.4 is 20.3 Å². The molecule has 1 aromatic carbocycles. The van der Waals surface area contributed by atoms with Gasteiger partial charge in [0, 0.05) is 41.5 Å². The van der Waals surface area contributed by atoms with E-state index in [1.807, 2.05) is 20.1 Å². The summed E-state index contributed by atoms with van der Waals surface area (Å²) in [7, 11) is 4.23. The van der Waals surface area contributed by atoms with E-state index >= 15 is 0 Å². The van der Waals surface area contributed by atoms with E-state index in [0.717, 1.165) is 25.7 Å². The van der Waals surface area contributed by atoms with Gasteiger partial charge in [0.2, 0.25) is 0 Å². The Bertz CT molecular complexity index is 1190. The molecule has 4 rings (SSSR count). The third-order valence-corrected chi connectivity index (χ3v) is 8.46. The number of benzene rings is 1. The fourth-order valence-corrected chi connectivity index (χ4v) is 6.15. The number of hydrogen-bond donors (Lipinski definition) is 2. The van der Waals surface area contributed by atoms with Crippen LogP contribution in [0.15, 0.2) is 21.8 Å². The van der Waals surface area contributed by atoms with Gasteiger partial charge in [-0.2, -0.15) is 0 Å². The molecule has 7 nitrogen and oxygen atoms in total. The number of pyridine rings is 1. The van der Waals surface area contributed by atoms with Gasteiger partial charge in [-0.05, 0) is 65.1 Å². The van der Waals surface area contributed by atoms with Crippen LogP contribution in [0.3, 0.4) is 0 Å². The standard InChI is InChI=1S/C25H31Cl2N3O4S/c1-13-16(23(31)28-12-17-19(35-5)11-20(27)29-24(17)32)10-18(26)22-21(13)33-25(2,34-22)14-6-8-15(9-7-14)30(3)4/h10-11,14-15H,6-9,12H2,1-5H3,(H,28,31)(H,29,32)/t14-,15+,25-/m1/s1. The van der Waals surface area contributed by atoms with Crippen LogP contribution in [0.2, 0.25) is 10.2 Å². The molecule has 2 aliphatic rings. The maximum Gasteiger partial charge on any atom is 0.255 e. The molecule has 0 radical (unpaired) electrons. The second-order valence-corrected chi connectivity index (χ2v) is 11.2. The third kappa shape index (κ3) is 5.17. The van der Waals surface area contributed by atoms with Gasteiger partial charge in [0.05, 0.1) is 10.6 Å². The minimum Gasteiger partial charge on any atom is -0.448 e. The first-order valence-electron chi connectivity index (χ1n) is 11.7. The Labute approximate surface area is 219 Å². The van der Waals surface area contributed by atoms with E-state index in [2.05, 4.69) is 29.3 Å². The Morgan fingerprint density at radius 1 is 1.20 bits per heavy atom. The number of ether oxygens (including phenoxy) is 2. The molecule has 0 spiro atoms. The Morgan fingerprint density at radius 2 is 1.86 bits per heavy atom. The van der Waals surface area contributed by atoms with Crippen LogP contribution >= 0.6 is 35.0 Å². The smallest absolute Gasteiger partial charge is 0.255 e. The van der Waals surface area contributed by atoms with Crippen molar-refractivity contribution < 1.29 is 14.3 Å². The number of hydrogen-bond acceptors (Lipinski definition) is 6. The van der Waals surface area contributed by atoms with Crippen molar-refractivity contribution in [3.05, 3.63) is 49.4 Å². The number of carbonyl (C=O) groups is 1. The highest BCUT2D eigenvalue weighted by molar-refractivity contribution is 7.98. The number of nitrogens with zero attached hydrogens (tertiary/aromatic N) is 1. The molecule has 0 bridgehead atoms. The van der Waals surface area contributed by atoms with Crippen molar-refractivity contribution in [2.24, 2.45) is 5.92 Å². The van der Waals surface area contributed by atoms with Crippen LogP contribution in [-0.4, -0.2) is 48.0 Å². The fraction of sp³-hybridized carbons (Fsp3) is 0.520. The van der Waals surface area contributed by atoms with Crippen molar-refractivity contribution in [2.75, 3.05) is 20.4 Å². The summed E-state index contributed by atoms with van der Waals surface area (Å²) in [5.74, 6) is 0.0380. The van der Waals surface area contributed by atoms with E-state index in [-0.39, 0.29) is 29.1 Å². The summed E-state index contributed by atoms with van der Waals surface area (Å²) in [6.45, 7) is 3.84. The van der Waals surface area contributed by atoms with Crippen LogP contribution in [0.5, 0.6) is 11.5 Å². The number of H-pyrrole nitrogens is 1. The number of aromatic amines is 1. The summed E-state index contributed by atoms with van der Waals surface area (Å²) in [5, 5.41) is 3.42. The Kier molecular flexibility index (Phi) is 7.67. The summed E-state index contributed by atoms with van der Waals surface area (Å²) in [4.78, 5) is 31.0. The summed E-state index contributed by atoms with van der Waals surface area (Å²) >= 11 is 13.9. The Hall–Kier alpha value is -1.87. The van der Waals surface area contributed by atoms with Crippen LogP contribution in [0.1, 0.15) is 54.1 Å². The first-order chi connectivity index (χ1) is 16.5. The quantitative estimate of drug-likeness (QED) is 0.385. The minimum atomic E-state index is -0.826. The number of nitrogens with one attached hydrogen (secondary N) is 2. The molecule has 1 fully saturated rings. The van der Waals surface area contributed by atoms with Crippen molar-refractivity contribution >= 4 is 40.9 Å². The summed E-state index contributed by atoms with van der Waals surface area (Å²) in [6, 6.07) is 3.84. The molecule has 190 valence electrons. The maximum atomic E-state index is 13.1. The van der Waals surface area contributed by atoms with Gasteiger partial charge < -0.3 is 24.7 Å². The number of thioether (sulfide) groups is 1. The first kappa shape index (κ1) is 26.2. The van der Waals surface area contributed by atoms with Crippen LogP contribution in [-0.2, 0) is 6.54 Å². The van der Waals surface area contributed by atoms with Crippen molar-refractivity contribution in [1.29, 1.82) is 0 Å². The molecule has 0 unspecified atom stereocenters. The monoisotopic (exact) mass is 539 g/mol. The second-order valence-electron chi connectivity index (χ2n) is 9.55. The van der Waals surface area contributed by atoms with E-state index in [9.17, 15) is 9.59 Å². The normalized spacial score (nSPS) is 23.5. The lowest BCUT2D eigenvalue weighted by Gasteiger charge is -2.39. The highest BCUT2D eigenvalue weighted by atomic mass is 35.5. The van der Waals surface area contributed by atoms with E-state index in [1.54, 1.807) is 12.1 Å². The topological polar surface area (TPSA) is 83.7 Å². The van der Waals surface area contributed by atoms with Gasteiger partial charge >= 0.3 is 0 Å². The second kappa shape index (κ2) is 10.2. The summed E-state index contributed by atoms with van der Waals surface area (Å²) < 4.78 is 12.7. The number of aromatic nitrogens is 1. The third-order valence-electron chi connectivity index (χ3n) is 7.17. The highest BCUT2D eigenvalue weighted by Crippen LogP contribution is 2.51. The number of carbonyl (C=O) groups excluding carboxylic acids is 1. The van der Waals surface area contributed by atoms with Gasteiger partial charge in [-0.25, -0.2) is 0 Å². The fourth-order valence-electron chi connectivity index (χ4n) is 5.01. The number of halogens is 2. The molecule has 2 heterocycles. The zero-order valence-electron chi connectivity index (χ0n) is 20.6. The lowest BCUT2D eigenvalue weighted by Crippen LogP contribution is -2.46. The predicted molar refractivity (Wildman–Crippen MR) is 140 cm³/mol. The molecule has 10 heteroatoms. The number of rotatable bonds is 6. The zero-order valence-corrected chi connectivity index (χ0v) is 22.9. The number of amides is 1. The number of fused-ring (bicyclic) bond motifs is 1. The average molecular weight is 541 g/mol. The van der Waals surface area contributed by atoms with Crippen molar-refractivity contribution in [3.8, 4) is 11.5 Å². The average Bonchev–Trinajstić information content (AvgIpc) is 3.20. The zero-order chi connectivity index (χ0) is 25.5. The molecule has 1 aliphatic carbocycles. The lowest BCUT2D eigenvalue weighted by molar-refractivity contribution is -0.123. The van der Waals surface area contributed by atoms with E-state index in [1.165, 1.54) is 11.8 Å². The van der Waals surface area contributed by atoms with Gasteiger partial charge in [0.15, 0.2) is 11.5 Å². The van der Waals surface area contributed by atoms with E-state index in [0.29, 0.717) is 44.1 Å². The summed E-state index contributed by atoms with van der Waals surface area (Å²) in [6.07, 6.45) is 5.99. The van der Waals surface area contributed by atoms with Gasteiger partial charge in [-0.3, -0.25) is 9.59 Å². The Balaban J connectivity index is 1.52. The molecular weight excluding hydrogens is 509 g/mol. The van der Waals surface area contributed by atoms with Crippen LogP contribution in [0.4, 0.5) is 0 Å². The van der Waals surface area contributed by atoms with Crippen molar-refractivity contribution in [2.45, 2.75) is 62.8 Å². The minimum absolute atomic E-state index is 0.0554. The molecule has 1 aliphatic heterocycles. The van der Waals surface area contributed by atoms with Crippen LogP contribution in [0.25, 0.3) is 0 Å². The van der Waals surface area contributed by atoms with Gasteiger partial charge in [-0.15, -0.1) is 11.8 Å². The van der Waals surface area contributed by atoms with Crippen LogP contribution in [0, 0.1) is 12.8 Å². The molecule has 1 aromatic heterocycles. The lowest BCUT2D eigenvalue weighted by atomic mass is 9.81.